The number of nitrogens with one attached hydrogen (secondary N) is 2. The zero-order valence-corrected chi connectivity index (χ0v) is 20.7. The van der Waals surface area contributed by atoms with Crippen molar-refractivity contribution in [1.82, 2.24) is 5.32 Å². The molecule has 3 aromatic carbocycles. The van der Waals surface area contributed by atoms with Crippen LogP contribution in [0.4, 0.5) is 5.69 Å². The number of nitrogens with zero attached hydrogens (tertiary/aromatic N) is 1. The summed E-state index contributed by atoms with van der Waals surface area (Å²) < 4.78 is 6.37. The smallest absolute Gasteiger partial charge is 0.262 e. The number of ether oxygens (including phenoxy) is 1. The van der Waals surface area contributed by atoms with Gasteiger partial charge in [0.05, 0.1) is 10.0 Å². The first-order valence-corrected chi connectivity index (χ1v) is 11.5. The van der Waals surface area contributed by atoms with Gasteiger partial charge in [-0.1, -0.05) is 69.5 Å². The fraction of sp³-hybridized carbons (Fsp3) is 0.0800. The Morgan fingerprint density at radius 3 is 2.50 bits per heavy atom. The maximum atomic E-state index is 12.5. The van der Waals surface area contributed by atoms with E-state index in [1.807, 2.05) is 36.4 Å². The van der Waals surface area contributed by atoms with Crippen LogP contribution in [0, 0.1) is 11.3 Å². The molecule has 0 saturated carbocycles. The highest BCUT2D eigenvalue weighted by Crippen LogP contribution is 2.27. The number of rotatable bonds is 8. The van der Waals surface area contributed by atoms with Gasteiger partial charge in [0.2, 0.25) is 0 Å². The third kappa shape index (κ3) is 7.35. The molecule has 3 rings (SSSR count). The molecule has 0 radical (unpaired) electrons. The van der Waals surface area contributed by atoms with Crippen LogP contribution in [-0.4, -0.2) is 18.4 Å². The van der Waals surface area contributed by atoms with Crippen molar-refractivity contribution in [3.05, 3.63) is 97.9 Å². The molecule has 0 spiro atoms. The zero-order valence-electron chi connectivity index (χ0n) is 17.6. The quantitative estimate of drug-likeness (QED) is 0.262. The van der Waals surface area contributed by atoms with Crippen molar-refractivity contribution < 1.29 is 14.3 Å². The van der Waals surface area contributed by atoms with E-state index in [0.29, 0.717) is 31.5 Å². The van der Waals surface area contributed by atoms with E-state index in [9.17, 15) is 14.9 Å². The van der Waals surface area contributed by atoms with Crippen molar-refractivity contribution in [2.45, 2.75) is 6.54 Å². The van der Waals surface area contributed by atoms with E-state index >= 15 is 0 Å². The first kappa shape index (κ1) is 25.3. The molecule has 34 heavy (non-hydrogen) atoms. The molecule has 0 aromatic heterocycles. The summed E-state index contributed by atoms with van der Waals surface area (Å²) in [6, 6.07) is 21.1. The maximum absolute atomic E-state index is 12.5. The fourth-order valence-corrected chi connectivity index (χ4v) is 3.53. The Morgan fingerprint density at radius 1 is 1.03 bits per heavy atom. The highest BCUT2D eigenvalue weighted by molar-refractivity contribution is 9.10. The fourth-order valence-electron chi connectivity index (χ4n) is 2.86. The molecule has 0 fully saturated rings. The summed E-state index contributed by atoms with van der Waals surface area (Å²) in [6.07, 6.45) is 1.41. The van der Waals surface area contributed by atoms with Crippen LogP contribution >= 0.6 is 39.1 Å². The van der Waals surface area contributed by atoms with E-state index in [-0.39, 0.29) is 18.7 Å². The van der Waals surface area contributed by atoms with Crippen molar-refractivity contribution >= 4 is 62.7 Å². The number of nitriles is 1. The lowest BCUT2D eigenvalue weighted by Crippen LogP contribution is -2.24. The molecule has 9 heteroatoms. The minimum Gasteiger partial charge on any atom is -0.483 e. The molecule has 0 heterocycles. The topological polar surface area (TPSA) is 91.2 Å². The molecule has 0 atom stereocenters. The number of carbonyl (C=O) groups is 2. The first-order chi connectivity index (χ1) is 16.4. The molecule has 6 nitrogen and oxygen atoms in total. The van der Waals surface area contributed by atoms with Crippen molar-refractivity contribution in [3.63, 3.8) is 0 Å². The Hall–Kier alpha value is -3.31. The van der Waals surface area contributed by atoms with Gasteiger partial charge >= 0.3 is 0 Å². The van der Waals surface area contributed by atoms with E-state index in [0.717, 1.165) is 5.56 Å². The van der Waals surface area contributed by atoms with Gasteiger partial charge in [0.15, 0.2) is 6.61 Å². The van der Waals surface area contributed by atoms with E-state index in [2.05, 4.69) is 26.6 Å². The van der Waals surface area contributed by atoms with Crippen molar-refractivity contribution in [2.24, 2.45) is 0 Å². The summed E-state index contributed by atoms with van der Waals surface area (Å²) in [5, 5.41) is 15.6. The number of benzene rings is 3. The van der Waals surface area contributed by atoms with Gasteiger partial charge in [-0.15, -0.1) is 0 Å². The van der Waals surface area contributed by atoms with Crippen molar-refractivity contribution in [3.8, 4) is 11.8 Å². The Morgan fingerprint density at radius 2 is 1.79 bits per heavy atom. The number of amides is 2. The predicted octanol–water partition coefficient (Wildman–Crippen LogP) is 6.00. The van der Waals surface area contributed by atoms with E-state index in [1.54, 1.807) is 30.3 Å². The van der Waals surface area contributed by atoms with Gasteiger partial charge in [-0.3, -0.25) is 9.59 Å². The third-order valence-electron chi connectivity index (χ3n) is 4.49. The molecule has 0 aliphatic rings. The molecular formula is C25H18BrCl2N3O3. The normalized spacial score (nSPS) is 10.8. The van der Waals surface area contributed by atoms with Crippen molar-refractivity contribution in [1.29, 1.82) is 5.26 Å². The van der Waals surface area contributed by atoms with Gasteiger partial charge in [-0.05, 0) is 48.0 Å². The van der Waals surface area contributed by atoms with Crippen LogP contribution < -0.4 is 15.4 Å². The maximum Gasteiger partial charge on any atom is 0.262 e. The molecule has 172 valence electrons. The lowest BCUT2D eigenvalue weighted by Gasteiger charge is -2.11. The second-order valence-corrected chi connectivity index (χ2v) is 8.72. The Kier molecular flexibility index (Phi) is 9.11. The van der Waals surface area contributed by atoms with E-state index < -0.39 is 11.8 Å². The standard InChI is InChI=1S/C25H18BrCl2N3O3/c26-19-6-9-23(34-15-24(32)31-20-7-8-21(27)22(28)12-20)17(11-19)10-18(13-29)25(33)30-14-16-4-2-1-3-5-16/h1-12H,14-15H2,(H,30,33)(H,31,32)/b18-10+. The molecule has 0 bridgehead atoms. The van der Waals surface area contributed by atoms with Crippen LogP contribution in [0.2, 0.25) is 10.0 Å². The molecule has 0 saturated heterocycles. The summed E-state index contributed by atoms with van der Waals surface area (Å²) in [6.45, 7) is -0.0137. The van der Waals surface area contributed by atoms with E-state index in [1.165, 1.54) is 12.1 Å². The monoisotopic (exact) mass is 557 g/mol. The number of hydrogen-bond acceptors (Lipinski definition) is 4. The first-order valence-electron chi connectivity index (χ1n) is 9.97. The molecule has 0 aliphatic heterocycles. The SMILES string of the molecule is N#C/C(=C\c1cc(Br)ccc1OCC(=O)Nc1ccc(Cl)c(Cl)c1)C(=O)NCc1ccccc1. The van der Waals surface area contributed by atoms with Crippen LogP contribution in [0.1, 0.15) is 11.1 Å². The molecule has 0 unspecified atom stereocenters. The van der Waals surface area contributed by atoms with Gasteiger partial charge in [0.25, 0.3) is 11.8 Å². The van der Waals surface area contributed by atoms with Gasteiger partial charge in [0.1, 0.15) is 17.4 Å². The van der Waals surface area contributed by atoms with Gasteiger partial charge in [-0.2, -0.15) is 5.26 Å². The summed E-state index contributed by atoms with van der Waals surface area (Å²) in [5.41, 5.74) is 1.75. The molecule has 2 N–H and O–H groups in total. The second-order valence-electron chi connectivity index (χ2n) is 6.99. The lowest BCUT2D eigenvalue weighted by molar-refractivity contribution is -0.118. The molecule has 0 aliphatic carbocycles. The number of hydrogen-bond donors (Lipinski definition) is 2. The average molecular weight is 559 g/mol. The van der Waals surface area contributed by atoms with Crippen LogP contribution in [0.3, 0.4) is 0 Å². The summed E-state index contributed by atoms with van der Waals surface area (Å²) in [7, 11) is 0. The largest absolute Gasteiger partial charge is 0.483 e. The second kappa shape index (κ2) is 12.2. The molecular weight excluding hydrogens is 541 g/mol. The summed E-state index contributed by atoms with van der Waals surface area (Å²) >= 11 is 15.2. The minimum absolute atomic E-state index is 0.0980. The Labute approximate surface area is 215 Å². The lowest BCUT2D eigenvalue weighted by atomic mass is 10.1. The van der Waals surface area contributed by atoms with Gasteiger partial charge in [0, 0.05) is 22.3 Å². The zero-order chi connectivity index (χ0) is 24.5. The highest BCUT2D eigenvalue weighted by atomic mass is 79.9. The van der Waals surface area contributed by atoms with Crippen molar-refractivity contribution in [2.75, 3.05) is 11.9 Å². The summed E-state index contributed by atoms with van der Waals surface area (Å²) in [5.74, 6) is -0.608. The Balaban J connectivity index is 1.69. The average Bonchev–Trinajstić information content (AvgIpc) is 2.83. The van der Waals surface area contributed by atoms with Crippen LogP contribution in [-0.2, 0) is 16.1 Å². The van der Waals surface area contributed by atoms with Crippen LogP contribution in [0.5, 0.6) is 5.75 Å². The Bertz CT molecular complexity index is 1270. The highest BCUT2D eigenvalue weighted by Gasteiger charge is 2.13. The minimum atomic E-state index is -0.519. The van der Waals surface area contributed by atoms with Crippen LogP contribution in [0.15, 0.2) is 76.8 Å². The summed E-state index contributed by atoms with van der Waals surface area (Å²) in [4.78, 5) is 24.8. The van der Waals surface area contributed by atoms with Crippen LogP contribution in [0.25, 0.3) is 6.08 Å². The van der Waals surface area contributed by atoms with Gasteiger partial charge < -0.3 is 15.4 Å². The number of anilines is 1. The van der Waals surface area contributed by atoms with Gasteiger partial charge in [-0.25, -0.2) is 0 Å². The molecule has 2 amide bonds. The predicted molar refractivity (Wildman–Crippen MR) is 137 cm³/mol. The number of halogens is 3. The number of carbonyl (C=O) groups excluding carboxylic acids is 2. The third-order valence-corrected chi connectivity index (χ3v) is 5.73. The van der Waals surface area contributed by atoms with E-state index in [4.69, 9.17) is 27.9 Å². The molecule has 3 aromatic rings.